The van der Waals surface area contributed by atoms with Gasteiger partial charge in [0.1, 0.15) is 5.82 Å². The van der Waals surface area contributed by atoms with Crippen LogP contribution in [-0.4, -0.2) is 29.3 Å². The molecule has 0 unspecified atom stereocenters. The largest absolute Gasteiger partial charge is 0.504 e. The lowest BCUT2D eigenvalue weighted by Gasteiger charge is -2.21. The normalized spacial score (nSPS) is 12.0. The average Bonchev–Trinajstić information content (AvgIpc) is 2.66. The number of ether oxygens (including phenoxy) is 3. The van der Waals surface area contributed by atoms with Gasteiger partial charge in [0.15, 0.2) is 23.0 Å². The molecular weight excluding hydrogens is 416 g/mol. The number of phenolic OH excluding ortho intramolecular Hbond substituents is 1. The fraction of sp³-hybridized carbons (Fsp3) is 0.158. The number of rotatable bonds is 3. The SMILES string of the molecule is COc1cc(-c2nc3c(c(=O)[nH]2)Cc2cc(Br)cc(OC)c2O3)ccc1O. The van der Waals surface area contributed by atoms with Crippen LogP contribution in [0.25, 0.3) is 11.4 Å². The fourth-order valence-electron chi connectivity index (χ4n) is 2.99. The summed E-state index contributed by atoms with van der Waals surface area (Å²) in [6.07, 6.45) is 0.377. The molecule has 0 saturated heterocycles. The molecule has 0 amide bonds. The van der Waals surface area contributed by atoms with Crippen molar-refractivity contribution in [3.8, 4) is 40.3 Å². The number of halogens is 1. The number of aromatic nitrogens is 2. The smallest absolute Gasteiger partial charge is 0.258 e. The average molecular weight is 431 g/mol. The highest BCUT2D eigenvalue weighted by atomic mass is 79.9. The van der Waals surface area contributed by atoms with Gasteiger partial charge in [0, 0.05) is 22.0 Å². The van der Waals surface area contributed by atoms with Crippen molar-refractivity contribution in [1.29, 1.82) is 0 Å². The Kier molecular flexibility index (Phi) is 4.27. The lowest BCUT2D eigenvalue weighted by molar-refractivity contribution is 0.364. The highest BCUT2D eigenvalue weighted by Gasteiger charge is 2.26. The molecule has 27 heavy (non-hydrogen) atoms. The molecule has 4 rings (SSSR count). The predicted molar refractivity (Wildman–Crippen MR) is 102 cm³/mol. The summed E-state index contributed by atoms with van der Waals surface area (Å²) in [5, 5.41) is 9.76. The summed E-state index contributed by atoms with van der Waals surface area (Å²) in [5.41, 5.74) is 1.57. The number of hydrogen-bond donors (Lipinski definition) is 2. The standard InChI is InChI=1S/C19H15BrN2O5/c1-25-14-7-9(3-4-13(14)23)17-21-18(24)12-6-10-5-11(20)8-15(26-2)16(10)27-19(12)22-17/h3-5,7-8,23H,6H2,1-2H3,(H,21,22,24). The monoisotopic (exact) mass is 430 g/mol. The van der Waals surface area contributed by atoms with Gasteiger partial charge in [-0.05, 0) is 30.3 Å². The summed E-state index contributed by atoms with van der Waals surface area (Å²) in [7, 11) is 3.01. The third-order valence-electron chi connectivity index (χ3n) is 4.31. The third kappa shape index (κ3) is 3.02. The van der Waals surface area contributed by atoms with Crippen molar-refractivity contribution in [3.05, 3.63) is 56.3 Å². The molecule has 3 aromatic rings. The number of aromatic hydroxyl groups is 1. The summed E-state index contributed by atoms with van der Waals surface area (Å²) in [5.74, 6) is 1.93. The maximum Gasteiger partial charge on any atom is 0.258 e. The Hall–Kier alpha value is -3.00. The van der Waals surface area contributed by atoms with Gasteiger partial charge in [0.25, 0.3) is 5.56 Å². The summed E-state index contributed by atoms with van der Waals surface area (Å²) in [6, 6.07) is 8.39. The molecule has 0 saturated carbocycles. The highest BCUT2D eigenvalue weighted by molar-refractivity contribution is 9.10. The Morgan fingerprint density at radius 2 is 1.96 bits per heavy atom. The van der Waals surface area contributed by atoms with Crippen molar-refractivity contribution >= 4 is 15.9 Å². The third-order valence-corrected chi connectivity index (χ3v) is 4.77. The minimum atomic E-state index is -0.286. The molecule has 1 aliphatic rings. The molecule has 0 bridgehead atoms. The van der Waals surface area contributed by atoms with Crippen molar-refractivity contribution < 1.29 is 19.3 Å². The van der Waals surface area contributed by atoms with E-state index in [0.717, 1.165) is 10.0 Å². The minimum Gasteiger partial charge on any atom is -0.504 e. The number of methoxy groups -OCH3 is 2. The Morgan fingerprint density at radius 3 is 2.70 bits per heavy atom. The topological polar surface area (TPSA) is 93.7 Å². The summed E-state index contributed by atoms with van der Waals surface area (Å²) >= 11 is 3.43. The van der Waals surface area contributed by atoms with E-state index in [4.69, 9.17) is 14.2 Å². The van der Waals surface area contributed by atoms with E-state index < -0.39 is 0 Å². The van der Waals surface area contributed by atoms with Gasteiger partial charge in [-0.15, -0.1) is 0 Å². The van der Waals surface area contributed by atoms with E-state index in [0.29, 0.717) is 34.9 Å². The molecule has 0 atom stereocenters. The number of nitrogens with one attached hydrogen (secondary N) is 1. The van der Waals surface area contributed by atoms with Crippen LogP contribution in [0, 0.1) is 0 Å². The molecule has 138 valence electrons. The lowest BCUT2D eigenvalue weighted by Crippen LogP contribution is -2.20. The zero-order valence-electron chi connectivity index (χ0n) is 14.5. The second kappa shape index (κ2) is 6.62. The zero-order chi connectivity index (χ0) is 19.1. The van der Waals surface area contributed by atoms with Crippen molar-refractivity contribution in [1.82, 2.24) is 9.97 Å². The number of fused-ring (bicyclic) bond motifs is 2. The maximum atomic E-state index is 12.6. The van der Waals surface area contributed by atoms with Crippen LogP contribution in [0.1, 0.15) is 11.1 Å². The molecule has 7 nitrogen and oxygen atoms in total. The van der Waals surface area contributed by atoms with E-state index in [1.165, 1.54) is 13.2 Å². The first kappa shape index (κ1) is 17.4. The van der Waals surface area contributed by atoms with Gasteiger partial charge >= 0.3 is 0 Å². The van der Waals surface area contributed by atoms with Gasteiger partial charge in [-0.3, -0.25) is 4.79 Å². The molecule has 2 heterocycles. The van der Waals surface area contributed by atoms with Gasteiger partial charge in [-0.25, -0.2) is 0 Å². The van der Waals surface area contributed by atoms with Crippen LogP contribution < -0.4 is 19.8 Å². The van der Waals surface area contributed by atoms with Crippen LogP contribution in [0.2, 0.25) is 0 Å². The van der Waals surface area contributed by atoms with Crippen LogP contribution in [-0.2, 0) is 6.42 Å². The molecule has 0 fully saturated rings. The number of aromatic amines is 1. The molecule has 1 aliphatic heterocycles. The van der Waals surface area contributed by atoms with Crippen molar-refractivity contribution in [3.63, 3.8) is 0 Å². The van der Waals surface area contributed by atoms with E-state index >= 15 is 0 Å². The molecule has 2 N–H and O–H groups in total. The van der Waals surface area contributed by atoms with Crippen LogP contribution in [0.15, 0.2) is 39.6 Å². The first-order valence-electron chi connectivity index (χ1n) is 8.05. The van der Waals surface area contributed by atoms with Gasteiger partial charge in [0.2, 0.25) is 5.88 Å². The van der Waals surface area contributed by atoms with Crippen LogP contribution in [0.5, 0.6) is 28.9 Å². The molecular formula is C19H15BrN2O5. The Bertz CT molecular complexity index is 1110. The number of benzene rings is 2. The summed E-state index contributed by atoms with van der Waals surface area (Å²) in [4.78, 5) is 19.9. The molecule has 8 heteroatoms. The fourth-order valence-corrected chi connectivity index (χ4v) is 3.47. The summed E-state index contributed by atoms with van der Waals surface area (Å²) in [6.45, 7) is 0. The lowest BCUT2D eigenvalue weighted by atomic mass is 10.0. The van der Waals surface area contributed by atoms with Crippen LogP contribution in [0.3, 0.4) is 0 Å². The quantitative estimate of drug-likeness (QED) is 0.515. The Morgan fingerprint density at radius 1 is 1.19 bits per heavy atom. The number of hydrogen-bond acceptors (Lipinski definition) is 6. The van der Waals surface area contributed by atoms with E-state index in [-0.39, 0.29) is 22.9 Å². The Balaban J connectivity index is 1.82. The van der Waals surface area contributed by atoms with E-state index in [9.17, 15) is 9.90 Å². The van der Waals surface area contributed by atoms with Gasteiger partial charge in [0.05, 0.1) is 19.8 Å². The van der Waals surface area contributed by atoms with Gasteiger partial charge < -0.3 is 24.3 Å². The van der Waals surface area contributed by atoms with Crippen LogP contribution >= 0.6 is 15.9 Å². The maximum absolute atomic E-state index is 12.6. The van der Waals surface area contributed by atoms with E-state index in [2.05, 4.69) is 25.9 Å². The van der Waals surface area contributed by atoms with Crippen molar-refractivity contribution in [2.75, 3.05) is 14.2 Å². The number of nitrogens with zero attached hydrogens (tertiary/aromatic N) is 1. The summed E-state index contributed by atoms with van der Waals surface area (Å²) < 4.78 is 17.3. The van der Waals surface area contributed by atoms with Gasteiger partial charge in [-0.1, -0.05) is 15.9 Å². The van der Waals surface area contributed by atoms with Crippen molar-refractivity contribution in [2.45, 2.75) is 6.42 Å². The molecule has 0 radical (unpaired) electrons. The first-order valence-corrected chi connectivity index (χ1v) is 8.84. The van der Waals surface area contributed by atoms with E-state index in [1.54, 1.807) is 25.3 Å². The molecule has 0 aliphatic carbocycles. The second-order valence-corrected chi connectivity index (χ2v) is 6.88. The Labute approximate surface area is 162 Å². The molecule has 2 aromatic carbocycles. The zero-order valence-corrected chi connectivity index (χ0v) is 16.1. The minimum absolute atomic E-state index is 0.00190. The number of phenols is 1. The van der Waals surface area contributed by atoms with Crippen molar-refractivity contribution in [2.24, 2.45) is 0 Å². The predicted octanol–water partition coefficient (Wildman–Crippen LogP) is 3.62. The second-order valence-electron chi connectivity index (χ2n) is 5.96. The molecule has 0 spiro atoms. The van der Waals surface area contributed by atoms with E-state index in [1.807, 2.05) is 6.07 Å². The molecule has 1 aromatic heterocycles. The van der Waals surface area contributed by atoms with Crippen LogP contribution in [0.4, 0.5) is 0 Å². The number of H-pyrrole nitrogens is 1. The first-order chi connectivity index (χ1) is 13.0. The highest BCUT2D eigenvalue weighted by Crippen LogP contribution is 2.42. The van der Waals surface area contributed by atoms with Gasteiger partial charge in [-0.2, -0.15) is 4.98 Å².